The lowest BCUT2D eigenvalue weighted by atomic mass is 9.99. The molecule has 1 atom stereocenters. The molecule has 2 rings (SSSR count). The van der Waals surface area contributed by atoms with E-state index < -0.39 is 0 Å². The highest BCUT2D eigenvalue weighted by molar-refractivity contribution is 6.01. The van der Waals surface area contributed by atoms with Gasteiger partial charge >= 0.3 is 6.03 Å². The summed E-state index contributed by atoms with van der Waals surface area (Å²) in [5.74, 6) is -0.103. The van der Waals surface area contributed by atoms with E-state index in [2.05, 4.69) is 15.5 Å². The van der Waals surface area contributed by atoms with E-state index in [0.29, 0.717) is 12.6 Å². The van der Waals surface area contributed by atoms with Crippen LogP contribution in [0, 0.1) is 0 Å². The van der Waals surface area contributed by atoms with E-state index in [1.54, 1.807) is 0 Å². The first-order chi connectivity index (χ1) is 9.22. The number of urea groups is 1. The highest BCUT2D eigenvalue weighted by atomic mass is 16.2. The molecular weight excluding hydrogens is 244 g/mol. The van der Waals surface area contributed by atoms with Crippen LogP contribution in [0.3, 0.4) is 0 Å². The second-order valence-corrected chi connectivity index (χ2v) is 5.28. The maximum absolute atomic E-state index is 11.5. The quantitative estimate of drug-likeness (QED) is 0.666. The maximum atomic E-state index is 11.5. The van der Waals surface area contributed by atoms with Crippen LogP contribution >= 0.6 is 0 Å². The van der Waals surface area contributed by atoms with E-state index in [0.717, 1.165) is 26.1 Å². The summed E-state index contributed by atoms with van der Waals surface area (Å²) in [5.41, 5.74) is 0. The third-order valence-electron chi connectivity index (χ3n) is 4.02. The average Bonchev–Trinajstić information content (AvgIpc) is 2.74. The van der Waals surface area contributed by atoms with Crippen molar-refractivity contribution in [3.8, 4) is 0 Å². The number of likely N-dealkylation sites (tertiary alicyclic amines) is 1. The van der Waals surface area contributed by atoms with Crippen LogP contribution in [0.15, 0.2) is 0 Å². The van der Waals surface area contributed by atoms with Crippen molar-refractivity contribution >= 4 is 11.9 Å². The summed E-state index contributed by atoms with van der Waals surface area (Å²) in [7, 11) is 1.97. The minimum Gasteiger partial charge on any atom is -0.329 e. The van der Waals surface area contributed by atoms with Crippen LogP contribution in [-0.4, -0.2) is 67.6 Å². The molecule has 0 saturated carbocycles. The molecule has 0 aliphatic carbocycles. The fraction of sp³-hybridized carbons (Fsp3) is 0.846. The van der Waals surface area contributed by atoms with Crippen LogP contribution in [0.4, 0.5) is 4.79 Å². The monoisotopic (exact) mass is 268 g/mol. The Morgan fingerprint density at radius 2 is 2.16 bits per heavy atom. The van der Waals surface area contributed by atoms with Crippen molar-refractivity contribution in [1.82, 2.24) is 20.4 Å². The maximum Gasteiger partial charge on any atom is 0.324 e. The standard InChI is InChI=1S/C13H24N4O2/c1-14-6-5-11-4-2-3-7-16(11)8-9-17-12(18)10-15-13(17)19/h11,14H,2-10H2,1H3,(H,15,19). The summed E-state index contributed by atoms with van der Waals surface area (Å²) < 4.78 is 0. The number of rotatable bonds is 6. The van der Waals surface area contributed by atoms with Crippen molar-refractivity contribution in [2.45, 2.75) is 31.7 Å². The molecule has 6 heteroatoms. The largest absolute Gasteiger partial charge is 0.329 e. The summed E-state index contributed by atoms with van der Waals surface area (Å²) in [6.45, 7) is 3.57. The van der Waals surface area contributed by atoms with E-state index >= 15 is 0 Å². The van der Waals surface area contributed by atoms with Gasteiger partial charge in [-0.2, -0.15) is 0 Å². The molecule has 2 N–H and O–H groups in total. The average molecular weight is 268 g/mol. The molecule has 6 nitrogen and oxygen atoms in total. The van der Waals surface area contributed by atoms with Crippen molar-refractivity contribution in [2.24, 2.45) is 0 Å². The van der Waals surface area contributed by atoms with E-state index in [4.69, 9.17) is 0 Å². The fourth-order valence-corrected chi connectivity index (χ4v) is 2.90. The molecule has 3 amide bonds. The summed E-state index contributed by atoms with van der Waals surface area (Å²) >= 11 is 0. The second-order valence-electron chi connectivity index (χ2n) is 5.28. The number of nitrogens with one attached hydrogen (secondary N) is 2. The molecule has 108 valence electrons. The molecule has 2 aliphatic rings. The van der Waals surface area contributed by atoms with Gasteiger partial charge in [0.25, 0.3) is 0 Å². The van der Waals surface area contributed by atoms with Crippen LogP contribution < -0.4 is 10.6 Å². The van der Waals surface area contributed by atoms with Crippen LogP contribution in [0.25, 0.3) is 0 Å². The van der Waals surface area contributed by atoms with Gasteiger partial charge in [0.1, 0.15) is 0 Å². The van der Waals surface area contributed by atoms with Gasteiger partial charge in [0.2, 0.25) is 5.91 Å². The molecule has 0 aromatic heterocycles. The molecule has 0 aromatic rings. The highest BCUT2D eigenvalue weighted by Crippen LogP contribution is 2.19. The second kappa shape index (κ2) is 6.86. The molecule has 1 unspecified atom stereocenters. The number of hydrogen-bond acceptors (Lipinski definition) is 4. The third kappa shape index (κ3) is 3.67. The Kier molecular flexibility index (Phi) is 5.15. The van der Waals surface area contributed by atoms with E-state index in [1.807, 2.05) is 7.05 Å². The van der Waals surface area contributed by atoms with Gasteiger partial charge in [-0.25, -0.2) is 4.79 Å². The van der Waals surface area contributed by atoms with Gasteiger partial charge in [-0.05, 0) is 39.4 Å². The number of carbonyl (C=O) groups is 2. The summed E-state index contributed by atoms with van der Waals surface area (Å²) in [6, 6.07) is 0.343. The number of amides is 3. The lowest BCUT2D eigenvalue weighted by Gasteiger charge is -2.36. The molecule has 19 heavy (non-hydrogen) atoms. The van der Waals surface area contributed by atoms with E-state index in [1.165, 1.54) is 24.2 Å². The Morgan fingerprint density at radius 1 is 1.32 bits per heavy atom. The first-order valence-corrected chi connectivity index (χ1v) is 7.19. The molecular formula is C13H24N4O2. The zero-order chi connectivity index (χ0) is 13.7. The van der Waals surface area contributed by atoms with Gasteiger partial charge < -0.3 is 10.6 Å². The molecule has 2 fully saturated rings. The van der Waals surface area contributed by atoms with Crippen LogP contribution in [0.5, 0.6) is 0 Å². The Labute approximate surface area is 114 Å². The van der Waals surface area contributed by atoms with E-state index in [9.17, 15) is 9.59 Å². The molecule has 0 spiro atoms. The number of nitrogens with zero attached hydrogens (tertiary/aromatic N) is 2. The van der Waals surface area contributed by atoms with Gasteiger partial charge in [-0.3, -0.25) is 14.6 Å². The molecule has 0 bridgehead atoms. The molecule has 0 radical (unpaired) electrons. The van der Waals surface area contributed by atoms with Crippen molar-refractivity contribution in [3.05, 3.63) is 0 Å². The van der Waals surface area contributed by atoms with Gasteiger partial charge in [0, 0.05) is 19.1 Å². The number of imide groups is 1. The predicted octanol–water partition coefficient (Wildman–Crippen LogP) is 0.00220. The van der Waals surface area contributed by atoms with Crippen molar-refractivity contribution < 1.29 is 9.59 Å². The third-order valence-corrected chi connectivity index (χ3v) is 4.02. The minimum absolute atomic E-state index is 0.103. The van der Waals surface area contributed by atoms with Gasteiger partial charge in [0.05, 0.1) is 6.54 Å². The van der Waals surface area contributed by atoms with Gasteiger partial charge in [-0.15, -0.1) is 0 Å². The van der Waals surface area contributed by atoms with Crippen LogP contribution in [0.2, 0.25) is 0 Å². The Morgan fingerprint density at radius 3 is 2.84 bits per heavy atom. The van der Waals surface area contributed by atoms with Crippen molar-refractivity contribution in [3.63, 3.8) is 0 Å². The normalized spacial score (nSPS) is 24.9. The van der Waals surface area contributed by atoms with Crippen LogP contribution in [-0.2, 0) is 4.79 Å². The molecule has 2 aliphatic heterocycles. The molecule has 0 aromatic carbocycles. The van der Waals surface area contributed by atoms with Crippen molar-refractivity contribution in [1.29, 1.82) is 0 Å². The number of carbonyl (C=O) groups excluding carboxylic acids is 2. The highest BCUT2D eigenvalue weighted by Gasteiger charge is 2.29. The first-order valence-electron chi connectivity index (χ1n) is 7.19. The first kappa shape index (κ1) is 14.3. The van der Waals surface area contributed by atoms with Gasteiger partial charge in [-0.1, -0.05) is 6.42 Å². The fourth-order valence-electron chi connectivity index (χ4n) is 2.90. The van der Waals surface area contributed by atoms with Gasteiger partial charge in [0.15, 0.2) is 0 Å². The Bertz CT molecular complexity index is 319. The Hall–Kier alpha value is -1.14. The van der Waals surface area contributed by atoms with E-state index in [-0.39, 0.29) is 18.5 Å². The number of piperidine rings is 1. The minimum atomic E-state index is -0.242. The smallest absolute Gasteiger partial charge is 0.324 e. The summed E-state index contributed by atoms with van der Waals surface area (Å²) in [6.07, 6.45) is 4.86. The lowest BCUT2D eigenvalue weighted by molar-refractivity contribution is -0.125. The summed E-state index contributed by atoms with van der Waals surface area (Å²) in [4.78, 5) is 26.8. The zero-order valence-corrected chi connectivity index (χ0v) is 11.7. The molecule has 2 saturated heterocycles. The summed E-state index contributed by atoms with van der Waals surface area (Å²) in [5, 5.41) is 5.75. The lowest BCUT2D eigenvalue weighted by Crippen LogP contribution is -2.46. The molecule has 2 heterocycles. The van der Waals surface area contributed by atoms with Crippen LogP contribution in [0.1, 0.15) is 25.7 Å². The number of hydrogen-bond donors (Lipinski definition) is 2. The topological polar surface area (TPSA) is 64.7 Å². The van der Waals surface area contributed by atoms with Crippen molar-refractivity contribution in [2.75, 3.05) is 39.8 Å². The zero-order valence-electron chi connectivity index (χ0n) is 11.7. The Balaban J connectivity index is 1.82. The predicted molar refractivity (Wildman–Crippen MR) is 72.9 cm³/mol. The SMILES string of the molecule is CNCCC1CCCCN1CCN1C(=O)CNC1=O.